The van der Waals surface area contributed by atoms with Crippen molar-refractivity contribution in [1.29, 1.82) is 0 Å². The van der Waals surface area contributed by atoms with E-state index in [1.807, 2.05) is 6.92 Å². The number of carboxylic acid groups (broad SMARTS) is 1. The molecular weight excluding hydrogens is 257 g/mol. The number of halogens is 2. The van der Waals surface area contributed by atoms with Crippen LogP contribution in [0.4, 0.5) is 4.39 Å². The van der Waals surface area contributed by atoms with Gasteiger partial charge >= 0.3 is 5.97 Å². The van der Waals surface area contributed by atoms with E-state index in [4.69, 9.17) is 16.7 Å². The summed E-state index contributed by atoms with van der Waals surface area (Å²) in [4.78, 5) is 13.0. The molecular formula is C13H15ClFNO2. The highest BCUT2D eigenvalue weighted by Crippen LogP contribution is 2.29. The zero-order valence-electron chi connectivity index (χ0n) is 10.1. The van der Waals surface area contributed by atoms with Gasteiger partial charge in [-0.2, -0.15) is 0 Å². The fourth-order valence-corrected chi connectivity index (χ4v) is 2.51. The number of hydrogen-bond donors (Lipinski definition) is 1. The molecule has 0 spiro atoms. The molecule has 1 aliphatic rings. The van der Waals surface area contributed by atoms with E-state index in [1.165, 1.54) is 6.07 Å². The van der Waals surface area contributed by atoms with Crippen LogP contribution in [0.15, 0.2) is 18.2 Å². The lowest BCUT2D eigenvalue weighted by atomic mass is 10.1. The van der Waals surface area contributed by atoms with Crippen LogP contribution in [0, 0.1) is 11.7 Å². The third kappa shape index (κ3) is 2.65. The Hall–Kier alpha value is -1.13. The summed E-state index contributed by atoms with van der Waals surface area (Å²) in [6.07, 6.45) is 0.661. The van der Waals surface area contributed by atoms with Crippen LogP contribution in [0.3, 0.4) is 0 Å². The molecule has 1 N–H and O–H groups in total. The summed E-state index contributed by atoms with van der Waals surface area (Å²) in [6, 6.07) is 4.70. The smallest absolute Gasteiger partial charge is 0.307 e. The Morgan fingerprint density at radius 3 is 2.89 bits per heavy atom. The van der Waals surface area contributed by atoms with Gasteiger partial charge in [-0.3, -0.25) is 9.69 Å². The van der Waals surface area contributed by atoms with Gasteiger partial charge < -0.3 is 5.11 Å². The highest BCUT2D eigenvalue weighted by Gasteiger charge is 2.31. The molecule has 18 heavy (non-hydrogen) atoms. The van der Waals surface area contributed by atoms with Gasteiger partial charge in [0.15, 0.2) is 0 Å². The van der Waals surface area contributed by atoms with E-state index in [-0.39, 0.29) is 17.0 Å². The number of likely N-dealkylation sites (tertiary alicyclic amines) is 1. The monoisotopic (exact) mass is 271 g/mol. The number of carbonyl (C=O) groups is 1. The normalized spacial score (nSPS) is 22.1. The van der Waals surface area contributed by atoms with Crippen molar-refractivity contribution >= 4 is 17.6 Å². The van der Waals surface area contributed by atoms with E-state index in [1.54, 1.807) is 12.1 Å². The number of benzene rings is 1. The number of rotatable bonds is 3. The molecule has 2 rings (SSSR count). The van der Waals surface area contributed by atoms with Crippen molar-refractivity contribution in [2.24, 2.45) is 5.92 Å². The standard InChI is InChI=1S/C13H15ClFNO2/c1-8(9-2-3-12(15)11(14)6-9)16-5-4-10(7-16)13(17)18/h2-3,6,8,10H,4-5,7H2,1H3,(H,17,18)/t8-,10-/m1/s1. The van der Waals surface area contributed by atoms with E-state index in [2.05, 4.69) is 4.90 Å². The van der Waals surface area contributed by atoms with Crippen LogP contribution in [0.1, 0.15) is 24.9 Å². The van der Waals surface area contributed by atoms with Gasteiger partial charge in [-0.15, -0.1) is 0 Å². The van der Waals surface area contributed by atoms with Crippen LogP contribution in [-0.4, -0.2) is 29.1 Å². The second-order valence-corrected chi connectivity index (χ2v) is 5.08. The third-order valence-corrected chi connectivity index (χ3v) is 3.83. The molecule has 1 heterocycles. The second-order valence-electron chi connectivity index (χ2n) is 4.67. The summed E-state index contributed by atoms with van der Waals surface area (Å²) in [7, 11) is 0. The molecule has 1 aromatic carbocycles. The quantitative estimate of drug-likeness (QED) is 0.919. The first-order valence-electron chi connectivity index (χ1n) is 5.91. The van der Waals surface area contributed by atoms with Gasteiger partial charge in [0.05, 0.1) is 10.9 Å². The summed E-state index contributed by atoms with van der Waals surface area (Å²) in [5.74, 6) is -1.48. The summed E-state index contributed by atoms with van der Waals surface area (Å²) in [5, 5.41) is 9.07. The van der Waals surface area contributed by atoms with Crippen molar-refractivity contribution in [3.8, 4) is 0 Å². The van der Waals surface area contributed by atoms with Crippen molar-refractivity contribution in [2.45, 2.75) is 19.4 Å². The Balaban J connectivity index is 2.10. The highest BCUT2D eigenvalue weighted by molar-refractivity contribution is 6.30. The van der Waals surface area contributed by atoms with Gasteiger partial charge in [0.25, 0.3) is 0 Å². The van der Waals surface area contributed by atoms with Gasteiger partial charge in [-0.05, 0) is 37.6 Å². The van der Waals surface area contributed by atoms with E-state index < -0.39 is 11.8 Å². The Labute approximate surface area is 110 Å². The summed E-state index contributed by atoms with van der Waals surface area (Å²) >= 11 is 5.76. The Morgan fingerprint density at radius 1 is 1.61 bits per heavy atom. The fraction of sp³-hybridized carbons (Fsp3) is 0.462. The molecule has 2 atom stereocenters. The molecule has 98 valence electrons. The van der Waals surface area contributed by atoms with E-state index in [0.717, 1.165) is 12.1 Å². The van der Waals surface area contributed by atoms with Crippen LogP contribution in [0.5, 0.6) is 0 Å². The largest absolute Gasteiger partial charge is 0.481 e. The number of aliphatic carboxylic acids is 1. The molecule has 0 radical (unpaired) electrons. The molecule has 1 aliphatic heterocycles. The zero-order chi connectivity index (χ0) is 13.3. The lowest BCUT2D eigenvalue weighted by Gasteiger charge is -2.24. The van der Waals surface area contributed by atoms with Crippen LogP contribution in [0.25, 0.3) is 0 Å². The van der Waals surface area contributed by atoms with Gasteiger partial charge in [0, 0.05) is 12.6 Å². The van der Waals surface area contributed by atoms with Gasteiger partial charge in [-0.25, -0.2) is 4.39 Å². The maximum Gasteiger partial charge on any atom is 0.307 e. The number of carboxylic acids is 1. The minimum absolute atomic E-state index is 0.0486. The SMILES string of the molecule is C[C@H](c1ccc(F)c(Cl)c1)N1CC[C@@H](C(=O)O)C1. The van der Waals surface area contributed by atoms with E-state index in [9.17, 15) is 9.18 Å². The molecule has 1 aromatic rings. The van der Waals surface area contributed by atoms with Crippen LogP contribution in [0.2, 0.25) is 5.02 Å². The predicted molar refractivity (Wildman–Crippen MR) is 67.1 cm³/mol. The molecule has 1 fully saturated rings. The molecule has 0 aromatic heterocycles. The van der Waals surface area contributed by atoms with Crippen molar-refractivity contribution in [3.05, 3.63) is 34.6 Å². The van der Waals surface area contributed by atoms with Gasteiger partial charge in [0.2, 0.25) is 0 Å². The van der Waals surface area contributed by atoms with Gasteiger partial charge in [-0.1, -0.05) is 17.7 Å². The molecule has 3 nitrogen and oxygen atoms in total. The Bertz CT molecular complexity index is 466. The van der Waals surface area contributed by atoms with E-state index in [0.29, 0.717) is 13.0 Å². The molecule has 0 unspecified atom stereocenters. The second kappa shape index (κ2) is 5.24. The van der Waals surface area contributed by atoms with E-state index >= 15 is 0 Å². The summed E-state index contributed by atoms with van der Waals surface area (Å²) in [5.41, 5.74) is 0.910. The Kier molecular flexibility index (Phi) is 3.88. The molecule has 1 saturated heterocycles. The maximum absolute atomic E-state index is 13.1. The molecule has 5 heteroatoms. The lowest BCUT2D eigenvalue weighted by molar-refractivity contribution is -0.141. The molecule has 0 aliphatic carbocycles. The minimum atomic E-state index is -0.748. The number of nitrogens with zero attached hydrogens (tertiary/aromatic N) is 1. The van der Waals surface area contributed by atoms with Crippen molar-refractivity contribution in [3.63, 3.8) is 0 Å². The average molecular weight is 272 g/mol. The van der Waals surface area contributed by atoms with Gasteiger partial charge in [0.1, 0.15) is 5.82 Å². The third-order valence-electron chi connectivity index (χ3n) is 3.54. The van der Waals surface area contributed by atoms with Crippen molar-refractivity contribution in [1.82, 2.24) is 4.90 Å². The first-order valence-corrected chi connectivity index (χ1v) is 6.28. The number of hydrogen-bond acceptors (Lipinski definition) is 2. The molecule has 0 amide bonds. The first kappa shape index (κ1) is 13.3. The lowest BCUT2D eigenvalue weighted by Crippen LogP contribution is -2.26. The maximum atomic E-state index is 13.1. The fourth-order valence-electron chi connectivity index (χ4n) is 2.32. The highest BCUT2D eigenvalue weighted by atomic mass is 35.5. The molecule has 0 saturated carbocycles. The molecule has 0 bridgehead atoms. The van der Waals surface area contributed by atoms with Crippen molar-refractivity contribution < 1.29 is 14.3 Å². The minimum Gasteiger partial charge on any atom is -0.481 e. The topological polar surface area (TPSA) is 40.5 Å². The summed E-state index contributed by atoms with van der Waals surface area (Å²) < 4.78 is 13.1. The Morgan fingerprint density at radius 2 is 2.33 bits per heavy atom. The first-order chi connectivity index (χ1) is 8.49. The predicted octanol–water partition coefficient (Wildman–Crippen LogP) is 2.95. The van der Waals surface area contributed by atoms with Crippen LogP contribution >= 0.6 is 11.6 Å². The summed E-state index contributed by atoms with van der Waals surface area (Å²) in [6.45, 7) is 3.26. The van der Waals surface area contributed by atoms with Crippen LogP contribution in [-0.2, 0) is 4.79 Å². The van der Waals surface area contributed by atoms with Crippen molar-refractivity contribution in [2.75, 3.05) is 13.1 Å². The van der Waals surface area contributed by atoms with Crippen LogP contribution < -0.4 is 0 Å². The zero-order valence-corrected chi connectivity index (χ0v) is 10.8. The average Bonchev–Trinajstić information content (AvgIpc) is 2.81.